The van der Waals surface area contributed by atoms with Crippen LogP contribution in [0.25, 0.3) is 0 Å². The van der Waals surface area contributed by atoms with Gasteiger partial charge < -0.3 is 25.3 Å². The van der Waals surface area contributed by atoms with Crippen molar-refractivity contribution in [2.75, 3.05) is 19.7 Å². The maximum absolute atomic E-state index is 13.4. The van der Waals surface area contributed by atoms with Gasteiger partial charge in [0, 0.05) is 19.3 Å². The van der Waals surface area contributed by atoms with E-state index in [0.29, 0.717) is 25.4 Å². The number of amides is 2. The fourth-order valence-electron chi connectivity index (χ4n) is 4.58. The zero-order valence-corrected chi connectivity index (χ0v) is 25.4. The van der Waals surface area contributed by atoms with Gasteiger partial charge in [-0.1, -0.05) is 48.5 Å². The predicted octanol–water partition coefficient (Wildman–Crippen LogP) is 4.44. The number of hydrogen-bond donors (Lipinski definition) is 2. The lowest BCUT2D eigenvalue weighted by Crippen LogP contribution is -2.54. The summed E-state index contributed by atoms with van der Waals surface area (Å²) in [4.78, 5) is 41.9. The van der Waals surface area contributed by atoms with E-state index in [4.69, 9.17) is 10.5 Å². The second-order valence-corrected chi connectivity index (χ2v) is 11.3. The standard InChI is InChI=1S/C17H18F3N3O.C15H22N2O3/c1-12-10-23(11-21-12)15(16(24)22-8-4-5-9-22)13-6-2-3-7-14(13)17(18,19)20;1-11(18)13(17-14(19)15(2,3)16)10-20-9-12-7-5-4-6-8-12/h2-3,6-7,10-11,15H,4-5,8-9H2,1H3;4-8,13H,9-10,16H2,1-3H3,(H,17,19). The van der Waals surface area contributed by atoms with Gasteiger partial charge in [0.15, 0.2) is 5.78 Å². The number of carbonyl (C=O) groups excluding carboxylic acids is 3. The van der Waals surface area contributed by atoms with E-state index < -0.39 is 29.4 Å². The molecule has 3 N–H and O–H groups in total. The zero-order valence-electron chi connectivity index (χ0n) is 25.4. The topological polar surface area (TPSA) is 120 Å². The van der Waals surface area contributed by atoms with Crippen molar-refractivity contribution in [3.8, 4) is 0 Å². The van der Waals surface area contributed by atoms with Crippen LogP contribution in [0, 0.1) is 6.92 Å². The predicted molar refractivity (Wildman–Crippen MR) is 159 cm³/mol. The first-order chi connectivity index (χ1) is 20.7. The van der Waals surface area contributed by atoms with Crippen LogP contribution in [0.1, 0.15) is 62.0 Å². The number of alkyl halides is 3. The van der Waals surface area contributed by atoms with Gasteiger partial charge in [-0.15, -0.1) is 0 Å². The van der Waals surface area contributed by atoms with Crippen molar-refractivity contribution >= 4 is 17.6 Å². The molecule has 9 nitrogen and oxygen atoms in total. The third kappa shape index (κ3) is 9.75. The third-order valence-electron chi connectivity index (χ3n) is 7.02. The van der Waals surface area contributed by atoms with Crippen LogP contribution in [0.15, 0.2) is 67.1 Å². The van der Waals surface area contributed by atoms with Crippen LogP contribution in [0.3, 0.4) is 0 Å². The average Bonchev–Trinajstić information content (AvgIpc) is 3.65. The van der Waals surface area contributed by atoms with E-state index in [2.05, 4.69) is 10.3 Å². The Morgan fingerprint density at radius 3 is 2.18 bits per heavy atom. The normalized spacial score (nSPS) is 14.8. The molecule has 0 radical (unpaired) electrons. The van der Waals surface area contributed by atoms with Crippen molar-refractivity contribution in [3.05, 3.63) is 89.5 Å². The van der Waals surface area contributed by atoms with Gasteiger partial charge in [0.1, 0.15) is 12.1 Å². The first kappa shape index (κ1) is 34.5. The van der Waals surface area contributed by atoms with Crippen LogP contribution in [0.5, 0.6) is 0 Å². The molecule has 2 heterocycles. The van der Waals surface area contributed by atoms with Crippen molar-refractivity contribution in [1.29, 1.82) is 0 Å². The number of likely N-dealkylation sites (tertiary alicyclic amines) is 1. The number of nitrogens with two attached hydrogens (primary N) is 1. The molecule has 44 heavy (non-hydrogen) atoms. The minimum Gasteiger partial charge on any atom is -0.374 e. The summed E-state index contributed by atoms with van der Waals surface area (Å²) in [6.07, 6.45) is 0.257. The maximum atomic E-state index is 13.4. The van der Waals surface area contributed by atoms with E-state index in [-0.39, 0.29) is 29.8 Å². The van der Waals surface area contributed by atoms with Crippen molar-refractivity contribution in [2.24, 2.45) is 5.73 Å². The first-order valence-corrected chi connectivity index (χ1v) is 14.4. The number of halogens is 3. The number of carbonyl (C=O) groups is 3. The molecule has 1 aromatic heterocycles. The van der Waals surface area contributed by atoms with E-state index >= 15 is 0 Å². The molecule has 2 aromatic carbocycles. The van der Waals surface area contributed by atoms with Gasteiger partial charge in [0.25, 0.3) is 0 Å². The highest BCUT2D eigenvalue weighted by Gasteiger charge is 2.39. The highest BCUT2D eigenvalue weighted by atomic mass is 19.4. The summed E-state index contributed by atoms with van der Waals surface area (Å²) in [5.41, 5.74) is 5.50. The molecule has 1 fully saturated rings. The smallest absolute Gasteiger partial charge is 0.374 e. The van der Waals surface area contributed by atoms with Crippen LogP contribution in [0.2, 0.25) is 0 Å². The van der Waals surface area contributed by atoms with Crippen molar-refractivity contribution in [2.45, 2.75) is 70.9 Å². The Hall–Kier alpha value is -4.03. The number of aryl methyl sites for hydroxylation is 1. The maximum Gasteiger partial charge on any atom is 0.416 e. The Labute approximate surface area is 255 Å². The van der Waals surface area contributed by atoms with Crippen LogP contribution in [-0.4, -0.2) is 63.3 Å². The van der Waals surface area contributed by atoms with Crippen LogP contribution < -0.4 is 11.1 Å². The summed E-state index contributed by atoms with van der Waals surface area (Å²) in [5, 5.41) is 2.60. The van der Waals surface area contributed by atoms with Gasteiger partial charge >= 0.3 is 6.18 Å². The third-order valence-corrected chi connectivity index (χ3v) is 7.02. The molecular formula is C32H40F3N5O4. The van der Waals surface area contributed by atoms with Crippen molar-refractivity contribution in [1.82, 2.24) is 19.8 Å². The van der Waals surface area contributed by atoms with Gasteiger partial charge in [0.2, 0.25) is 11.8 Å². The number of rotatable bonds is 10. The van der Waals surface area contributed by atoms with E-state index in [9.17, 15) is 27.6 Å². The summed E-state index contributed by atoms with van der Waals surface area (Å²) in [5.74, 6) is -0.849. The second kappa shape index (κ2) is 15.1. The van der Waals surface area contributed by atoms with Crippen molar-refractivity contribution in [3.63, 3.8) is 0 Å². The molecule has 0 bridgehead atoms. The molecule has 1 aliphatic rings. The number of imidazole rings is 1. The fourth-order valence-corrected chi connectivity index (χ4v) is 4.58. The molecule has 3 aromatic rings. The van der Waals surface area contributed by atoms with Gasteiger partial charge in [-0.05, 0) is 57.7 Å². The van der Waals surface area contributed by atoms with E-state index in [1.165, 1.54) is 36.0 Å². The summed E-state index contributed by atoms with van der Waals surface area (Å²) in [6.45, 7) is 8.02. The lowest BCUT2D eigenvalue weighted by molar-refractivity contribution is -0.139. The molecule has 0 saturated carbocycles. The minimum absolute atomic E-state index is 0.0423. The number of Topliss-reactive ketones (excluding diaryl/α,β-unsaturated/α-hetero) is 1. The van der Waals surface area contributed by atoms with Gasteiger partial charge in [-0.25, -0.2) is 4.98 Å². The monoisotopic (exact) mass is 615 g/mol. The Kier molecular flexibility index (Phi) is 11.8. The summed E-state index contributed by atoms with van der Waals surface area (Å²) >= 11 is 0. The van der Waals surface area contributed by atoms with E-state index in [0.717, 1.165) is 24.5 Å². The Bertz CT molecular complexity index is 1400. The number of ketones is 1. The van der Waals surface area contributed by atoms with Gasteiger partial charge in [-0.3, -0.25) is 14.4 Å². The number of nitrogens with one attached hydrogen (secondary N) is 1. The highest BCUT2D eigenvalue weighted by Crippen LogP contribution is 2.36. The molecule has 0 spiro atoms. The molecule has 12 heteroatoms. The van der Waals surface area contributed by atoms with Crippen LogP contribution >= 0.6 is 0 Å². The number of ether oxygens (including phenoxy) is 1. The summed E-state index contributed by atoms with van der Waals surface area (Å²) < 4.78 is 47.2. The van der Waals surface area contributed by atoms with Crippen LogP contribution in [0.4, 0.5) is 13.2 Å². The van der Waals surface area contributed by atoms with Crippen molar-refractivity contribution < 1.29 is 32.3 Å². The SMILES string of the molecule is CC(=O)C(COCc1ccccc1)NC(=O)C(C)(C)N.Cc1cn(C(C(=O)N2CCCC2)c2ccccc2C(F)(F)F)cn1. The molecule has 1 aliphatic heterocycles. The molecule has 1 saturated heterocycles. The zero-order chi connectivity index (χ0) is 32.5. The largest absolute Gasteiger partial charge is 0.416 e. The number of benzene rings is 2. The molecule has 2 atom stereocenters. The summed E-state index contributed by atoms with van der Waals surface area (Å²) in [6, 6.07) is 13.2. The molecular weight excluding hydrogens is 575 g/mol. The Balaban J connectivity index is 0.000000245. The Morgan fingerprint density at radius 2 is 1.64 bits per heavy atom. The number of nitrogens with zero attached hydrogens (tertiary/aromatic N) is 3. The lowest BCUT2D eigenvalue weighted by Gasteiger charge is -2.26. The molecule has 2 unspecified atom stereocenters. The van der Waals surface area contributed by atoms with E-state index in [1.807, 2.05) is 30.3 Å². The molecule has 2 amide bonds. The van der Waals surface area contributed by atoms with Crippen LogP contribution in [-0.2, 0) is 31.9 Å². The van der Waals surface area contributed by atoms with Gasteiger partial charge in [0.05, 0.1) is 36.3 Å². The Morgan fingerprint density at radius 1 is 1.02 bits per heavy atom. The van der Waals surface area contributed by atoms with Gasteiger partial charge in [-0.2, -0.15) is 13.2 Å². The summed E-state index contributed by atoms with van der Waals surface area (Å²) in [7, 11) is 0. The quantitative estimate of drug-likeness (QED) is 0.348. The molecule has 4 rings (SSSR count). The second-order valence-electron chi connectivity index (χ2n) is 11.3. The molecule has 238 valence electrons. The van der Waals surface area contributed by atoms with E-state index in [1.54, 1.807) is 31.9 Å². The lowest BCUT2D eigenvalue weighted by atomic mass is 9.98. The number of hydrogen-bond acceptors (Lipinski definition) is 6. The molecule has 0 aliphatic carbocycles. The highest BCUT2D eigenvalue weighted by molar-refractivity contribution is 5.91. The minimum atomic E-state index is -4.52. The first-order valence-electron chi connectivity index (χ1n) is 14.4. The average molecular weight is 616 g/mol. The fraction of sp³-hybridized carbons (Fsp3) is 0.438. The number of aromatic nitrogens is 2.